The minimum atomic E-state index is -0.480. The van der Waals surface area contributed by atoms with Gasteiger partial charge in [0.05, 0.1) is 40.7 Å². The van der Waals surface area contributed by atoms with Gasteiger partial charge in [0.15, 0.2) is 0 Å². The number of methoxy groups -OCH3 is 1. The predicted octanol–water partition coefficient (Wildman–Crippen LogP) is 5.78. The van der Waals surface area contributed by atoms with Gasteiger partial charge in [-0.3, -0.25) is 4.98 Å². The number of rotatable bonds is 5. The van der Waals surface area contributed by atoms with Crippen molar-refractivity contribution in [3.05, 3.63) is 57.7 Å². The molecule has 0 unspecified atom stereocenters. The average molecular weight is 405 g/mol. The molecular weight excluding hydrogens is 387 g/mol. The molecule has 1 N–H and O–H groups in total. The molecular formula is C20H18Cl2N2O3. The Morgan fingerprint density at radius 2 is 2.00 bits per heavy atom. The number of carbonyl (C=O) groups excluding carboxylic acids is 1. The maximum absolute atomic E-state index is 12.5. The van der Waals surface area contributed by atoms with E-state index >= 15 is 0 Å². The zero-order valence-electron chi connectivity index (χ0n) is 15.1. The van der Waals surface area contributed by atoms with Gasteiger partial charge in [-0.1, -0.05) is 29.3 Å². The van der Waals surface area contributed by atoms with E-state index in [1.165, 1.54) is 6.20 Å². The number of pyridine rings is 1. The molecule has 7 heteroatoms. The molecule has 0 aliphatic rings. The van der Waals surface area contributed by atoms with Gasteiger partial charge in [-0.2, -0.15) is 0 Å². The monoisotopic (exact) mass is 404 g/mol. The van der Waals surface area contributed by atoms with Gasteiger partial charge >= 0.3 is 5.97 Å². The van der Waals surface area contributed by atoms with Crippen LogP contribution in [-0.4, -0.2) is 24.7 Å². The van der Waals surface area contributed by atoms with Gasteiger partial charge in [0.2, 0.25) is 0 Å². The first-order valence-electron chi connectivity index (χ1n) is 8.31. The molecule has 1 aromatic heterocycles. The van der Waals surface area contributed by atoms with Gasteiger partial charge in [0, 0.05) is 11.6 Å². The molecule has 3 rings (SSSR count). The number of halogens is 2. The minimum absolute atomic E-state index is 0.255. The zero-order valence-corrected chi connectivity index (χ0v) is 16.6. The van der Waals surface area contributed by atoms with E-state index in [1.807, 2.05) is 25.1 Å². The lowest BCUT2D eigenvalue weighted by Crippen LogP contribution is -2.10. The van der Waals surface area contributed by atoms with Gasteiger partial charge in [-0.15, -0.1) is 0 Å². The number of ether oxygens (including phenoxy) is 2. The smallest absolute Gasteiger partial charge is 0.341 e. The number of nitrogens with zero attached hydrogens (tertiary/aromatic N) is 1. The van der Waals surface area contributed by atoms with Crippen molar-refractivity contribution < 1.29 is 14.3 Å². The summed E-state index contributed by atoms with van der Waals surface area (Å²) in [5.74, 6) is 0.160. The van der Waals surface area contributed by atoms with E-state index in [0.29, 0.717) is 43.6 Å². The normalized spacial score (nSPS) is 10.7. The Morgan fingerprint density at radius 3 is 2.70 bits per heavy atom. The average Bonchev–Trinajstić information content (AvgIpc) is 2.65. The highest BCUT2D eigenvalue weighted by Gasteiger charge is 2.20. The minimum Gasteiger partial charge on any atom is -0.495 e. The van der Waals surface area contributed by atoms with Gasteiger partial charge in [-0.05, 0) is 43.7 Å². The van der Waals surface area contributed by atoms with Crippen molar-refractivity contribution in [3.63, 3.8) is 0 Å². The van der Waals surface area contributed by atoms with Crippen molar-refractivity contribution in [2.45, 2.75) is 13.8 Å². The Bertz CT molecular complexity index is 1020. The summed E-state index contributed by atoms with van der Waals surface area (Å²) in [6.07, 6.45) is 1.44. The second-order valence-corrected chi connectivity index (χ2v) is 6.64. The topological polar surface area (TPSA) is 60.5 Å². The second-order valence-electron chi connectivity index (χ2n) is 5.85. The first-order chi connectivity index (χ1) is 13.0. The van der Waals surface area contributed by atoms with Crippen LogP contribution in [0.4, 0.5) is 11.4 Å². The van der Waals surface area contributed by atoms with Crippen molar-refractivity contribution in [2.24, 2.45) is 0 Å². The summed E-state index contributed by atoms with van der Waals surface area (Å²) in [4.78, 5) is 16.8. The highest BCUT2D eigenvalue weighted by molar-refractivity contribution is 6.45. The van der Waals surface area contributed by atoms with Crippen LogP contribution in [0, 0.1) is 6.92 Å². The van der Waals surface area contributed by atoms with Crippen LogP contribution in [0.15, 0.2) is 36.5 Å². The number of benzene rings is 2. The van der Waals surface area contributed by atoms with E-state index in [2.05, 4.69) is 10.3 Å². The zero-order chi connectivity index (χ0) is 19.6. The SMILES string of the molecule is CCOC(=O)c1cnc2c(Cl)c(Cl)ccc2c1Nc1cc(C)ccc1OC. The summed E-state index contributed by atoms with van der Waals surface area (Å²) in [5, 5.41) is 4.66. The Balaban J connectivity index is 2.25. The molecule has 3 aromatic rings. The molecule has 0 bridgehead atoms. The lowest BCUT2D eigenvalue weighted by Gasteiger charge is -2.17. The fraction of sp³-hybridized carbons (Fsp3) is 0.200. The number of hydrogen-bond acceptors (Lipinski definition) is 5. The number of nitrogens with one attached hydrogen (secondary N) is 1. The molecule has 0 radical (unpaired) electrons. The van der Waals surface area contributed by atoms with Crippen molar-refractivity contribution in [1.29, 1.82) is 0 Å². The Labute approximate surface area is 167 Å². The van der Waals surface area contributed by atoms with Crippen LogP contribution in [0.1, 0.15) is 22.8 Å². The van der Waals surface area contributed by atoms with Crippen LogP contribution >= 0.6 is 23.2 Å². The molecule has 5 nitrogen and oxygen atoms in total. The molecule has 0 spiro atoms. The third-order valence-electron chi connectivity index (χ3n) is 4.04. The largest absolute Gasteiger partial charge is 0.495 e. The first kappa shape index (κ1) is 19.3. The van der Waals surface area contributed by atoms with E-state index in [-0.39, 0.29) is 6.61 Å². The molecule has 0 saturated heterocycles. The molecule has 1 heterocycles. The van der Waals surface area contributed by atoms with Crippen LogP contribution in [0.2, 0.25) is 10.0 Å². The van der Waals surface area contributed by atoms with Gasteiger partial charge < -0.3 is 14.8 Å². The summed E-state index contributed by atoms with van der Waals surface area (Å²) >= 11 is 12.4. The Morgan fingerprint density at radius 1 is 1.22 bits per heavy atom. The summed E-state index contributed by atoms with van der Waals surface area (Å²) in [7, 11) is 1.59. The Kier molecular flexibility index (Phi) is 5.73. The standard InChI is InChI=1S/C20H18Cl2N2O3/c1-4-27-20(25)13-10-23-19-12(6-7-14(21)17(19)22)18(13)24-15-9-11(2)5-8-16(15)26-3/h5-10H,4H2,1-3H3,(H,23,24). The molecule has 0 aliphatic heterocycles. The van der Waals surface area contributed by atoms with Crippen molar-refractivity contribution >= 4 is 51.4 Å². The van der Waals surface area contributed by atoms with Crippen molar-refractivity contribution in [2.75, 3.05) is 19.0 Å². The molecule has 0 atom stereocenters. The number of carbonyl (C=O) groups is 1. The predicted molar refractivity (Wildman–Crippen MR) is 109 cm³/mol. The highest BCUT2D eigenvalue weighted by atomic mass is 35.5. The third-order valence-corrected chi connectivity index (χ3v) is 4.83. The van der Waals surface area contributed by atoms with E-state index < -0.39 is 5.97 Å². The van der Waals surface area contributed by atoms with Gasteiger partial charge in [0.1, 0.15) is 11.3 Å². The van der Waals surface area contributed by atoms with Gasteiger partial charge in [0.25, 0.3) is 0 Å². The number of aryl methyl sites for hydroxylation is 1. The molecule has 27 heavy (non-hydrogen) atoms. The van der Waals surface area contributed by atoms with E-state index in [4.69, 9.17) is 32.7 Å². The molecule has 0 aliphatic carbocycles. The first-order valence-corrected chi connectivity index (χ1v) is 9.07. The lowest BCUT2D eigenvalue weighted by molar-refractivity contribution is 0.0527. The lowest BCUT2D eigenvalue weighted by atomic mass is 10.1. The number of hydrogen-bond donors (Lipinski definition) is 1. The van der Waals surface area contributed by atoms with Crippen LogP contribution in [0.5, 0.6) is 5.75 Å². The maximum Gasteiger partial charge on any atom is 0.341 e. The molecule has 0 amide bonds. The van der Waals surface area contributed by atoms with Crippen molar-refractivity contribution in [1.82, 2.24) is 4.98 Å². The van der Waals surface area contributed by atoms with Gasteiger partial charge in [-0.25, -0.2) is 4.79 Å². The van der Waals surface area contributed by atoms with Crippen LogP contribution in [0.3, 0.4) is 0 Å². The number of fused-ring (bicyclic) bond motifs is 1. The summed E-state index contributed by atoms with van der Waals surface area (Å²) < 4.78 is 10.6. The fourth-order valence-electron chi connectivity index (χ4n) is 2.76. The van der Waals surface area contributed by atoms with Crippen molar-refractivity contribution in [3.8, 4) is 5.75 Å². The summed E-state index contributed by atoms with van der Waals surface area (Å²) in [6, 6.07) is 9.16. The quantitative estimate of drug-likeness (QED) is 0.546. The molecule has 140 valence electrons. The fourth-order valence-corrected chi connectivity index (χ4v) is 3.13. The van der Waals surface area contributed by atoms with Crippen LogP contribution in [0.25, 0.3) is 10.9 Å². The van der Waals surface area contributed by atoms with E-state index in [0.717, 1.165) is 5.56 Å². The second kappa shape index (κ2) is 8.03. The number of esters is 1. The molecule has 2 aromatic carbocycles. The third kappa shape index (κ3) is 3.80. The summed E-state index contributed by atoms with van der Waals surface area (Å²) in [6.45, 7) is 3.98. The maximum atomic E-state index is 12.5. The van der Waals surface area contributed by atoms with Crippen LogP contribution in [-0.2, 0) is 4.74 Å². The highest BCUT2D eigenvalue weighted by Crippen LogP contribution is 2.38. The van der Waals surface area contributed by atoms with Crippen LogP contribution < -0.4 is 10.1 Å². The van der Waals surface area contributed by atoms with E-state index in [1.54, 1.807) is 26.2 Å². The molecule has 0 saturated carbocycles. The Hall–Kier alpha value is -2.50. The number of aromatic nitrogens is 1. The summed E-state index contributed by atoms with van der Waals surface area (Å²) in [5.41, 5.74) is 3.07. The van der Waals surface area contributed by atoms with E-state index in [9.17, 15) is 4.79 Å². The molecule has 0 fully saturated rings. The number of anilines is 2.